The summed E-state index contributed by atoms with van der Waals surface area (Å²) in [6.45, 7) is 6.40. The number of unbranched alkanes of at least 4 members (excludes halogenated alkanes) is 31. The van der Waals surface area contributed by atoms with Crippen LogP contribution in [0.2, 0.25) is 0 Å². The largest absolute Gasteiger partial charge is 0.462 e. The summed E-state index contributed by atoms with van der Waals surface area (Å²) in [5.74, 6) is -0.526. The highest BCUT2D eigenvalue weighted by molar-refractivity contribution is 5.77. The van der Waals surface area contributed by atoms with Gasteiger partial charge in [0.25, 0.3) is 0 Å². The number of nitrogens with one attached hydrogen (secondary N) is 1. The predicted octanol–water partition coefficient (Wildman–Crippen LogP) is 18.3. The molecule has 0 heterocycles. The molecule has 0 fully saturated rings. The molecule has 0 aliphatic carbocycles. The van der Waals surface area contributed by atoms with Crippen molar-refractivity contribution in [2.75, 3.05) is 6.61 Å². The van der Waals surface area contributed by atoms with Gasteiger partial charge < -0.3 is 20.3 Å². The van der Waals surface area contributed by atoms with E-state index in [0.29, 0.717) is 19.3 Å². The summed E-state index contributed by atoms with van der Waals surface area (Å²) in [7, 11) is 0. The molecule has 0 bridgehead atoms. The first-order valence-electron chi connectivity index (χ1n) is 29.4. The number of carbonyl (C=O) groups is 2. The zero-order valence-corrected chi connectivity index (χ0v) is 45.4. The van der Waals surface area contributed by atoms with Crippen LogP contribution in [0.3, 0.4) is 0 Å². The van der Waals surface area contributed by atoms with Crippen molar-refractivity contribution in [1.29, 1.82) is 0 Å². The van der Waals surface area contributed by atoms with E-state index in [-0.39, 0.29) is 24.9 Å². The van der Waals surface area contributed by atoms with Crippen molar-refractivity contribution < 1.29 is 24.5 Å². The van der Waals surface area contributed by atoms with Crippen molar-refractivity contribution in [2.24, 2.45) is 0 Å². The minimum absolute atomic E-state index is 0.0458. The molecule has 0 aliphatic heterocycles. The number of hydrogen-bond donors (Lipinski definition) is 3. The molecule has 0 aromatic heterocycles. The van der Waals surface area contributed by atoms with E-state index in [0.717, 1.165) is 96.3 Å². The molecular formula is C63H111NO5. The third-order valence-corrected chi connectivity index (χ3v) is 13.1. The topological polar surface area (TPSA) is 95.9 Å². The zero-order chi connectivity index (χ0) is 50.2. The van der Waals surface area contributed by atoms with Crippen LogP contribution in [0.4, 0.5) is 0 Å². The second-order valence-electron chi connectivity index (χ2n) is 19.8. The molecule has 0 spiro atoms. The summed E-state index contributed by atoms with van der Waals surface area (Å²) in [4.78, 5) is 26.3. The van der Waals surface area contributed by atoms with Gasteiger partial charge in [-0.2, -0.15) is 0 Å². The van der Waals surface area contributed by atoms with Crippen LogP contribution in [0.1, 0.15) is 278 Å². The Morgan fingerprint density at radius 2 is 0.768 bits per heavy atom. The van der Waals surface area contributed by atoms with Crippen molar-refractivity contribution in [3.05, 3.63) is 85.1 Å². The van der Waals surface area contributed by atoms with Crippen LogP contribution in [0, 0.1) is 0 Å². The maximum atomic E-state index is 13.3. The van der Waals surface area contributed by atoms with Gasteiger partial charge in [0.05, 0.1) is 25.2 Å². The van der Waals surface area contributed by atoms with Gasteiger partial charge in [0, 0.05) is 6.42 Å². The van der Waals surface area contributed by atoms with Gasteiger partial charge in [-0.05, 0) is 70.6 Å². The Morgan fingerprint density at radius 1 is 0.420 bits per heavy atom. The van der Waals surface area contributed by atoms with Gasteiger partial charge in [-0.15, -0.1) is 0 Å². The molecule has 6 heteroatoms. The number of aliphatic hydroxyl groups is 2. The lowest BCUT2D eigenvalue weighted by Crippen LogP contribution is -2.46. The van der Waals surface area contributed by atoms with Gasteiger partial charge >= 0.3 is 5.97 Å². The van der Waals surface area contributed by atoms with Crippen LogP contribution in [0.25, 0.3) is 0 Å². The van der Waals surface area contributed by atoms with Gasteiger partial charge in [0.1, 0.15) is 6.10 Å². The van der Waals surface area contributed by atoms with E-state index >= 15 is 0 Å². The molecule has 3 N–H and O–H groups in total. The number of amides is 1. The fourth-order valence-corrected chi connectivity index (χ4v) is 8.63. The van der Waals surface area contributed by atoms with Gasteiger partial charge in [-0.3, -0.25) is 9.59 Å². The lowest BCUT2D eigenvalue weighted by Gasteiger charge is -2.24. The minimum Gasteiger partial charge on any atom is -0.462 e. The number of esters is 1. The van der Waals surface area contributed by atoms with Crippen LogP contribution in [0.5, 0.6) is 0 Å². The highest BCUT2D eigenvalue weighted by Gasteiger charge is 2.24. The molecule has 69 heavy (non-hydrogen) atoms. The Hall–Kier alpha value is -2.96. The number of ether oxygens (including phenoxy) is 1. The van der Waals surface area contributed by atoms with Crippen molar-refractivity contribution in [1.82, 2.24) is 5.32 Å². The fraction of sp³-hybridized carbons (Fsp3) is 0.746. The van der Waals surface area contributed by atoms with E-state index in [4.69, 9.17) is 4.74 Å². The third-order valence-electron chi connectivity index (χ3n) is 13.1. The van der Waals surface area contributed by atoms with E-state index in [9.17, 15) is 19.8 Å². The maximum Gasteiger partial charge on any atom is 0.306 e. The number of rotatable bonds is 52. The van der Waals surface area contributed by atoms with E-state index in [2.05, 4.69) is 86.8 Å². The molecular weight excluding hydrogens is 851 g/mol. The van der Waals surface area contributed by atoms with Crippen molar-refractivity contribution >= 4 is 11.9 Å². The van der Waals surface area contributed by atoms with E-state index < -0.39 is 18.2 Å². The van der Waals surface area contributed by atoms with Gasteiger partial charge in [0.2, 0.25) is 5.91 Å². The Bertz CT molecular complexity index is 1310. The first kappa shape index (κ1) is 66.0. The molecule has 0 aliphatic rings. The van der Waals surface area contributed by atoms with E-state index in [1.165, 1.54) is 135 Å². The second-order valence-corrected chi connectivity index (χ2v) is 19.8. The average Bonchev–Trinajstić information content (AvgIpc) is 3.34. The maximum absolute atomic E-state index is 13.3. The Morgan fingerprint density at radius 3 is 1.20 bits per heavy atom. The quantitative estimate of drug-likeness (QED) is 0.0321. The standard InChI is InChI=1S/C63H111NO5/c1-4-7-10-13-16-19-22-25-28-31-32-35-38-41-44-47-50-53-56-63(68)69-59(54-51-48-45-42-39-36-33-29-26-23-20-17-14-11-8-5-2)57-62(67)64-60(58-65)61(66)55-52-49-46-43-40-37-34-30-27-24-21-18-15-12-9-6-3/h10,13,16,19,22,25,28-29,31-33,35-36,39,59-61,65-66H,4-9,11-12,14-15,17-18,20-21,23-24,26-27,30,34,37-38,40-58H2,1-3H3,(H,64,67)/b13-10+,19-16+,25-22+,31-28+,33-29+,35-32+,39-36+. The van der Waals surface area contributed by atoms with Crippen molar-refractivity contribution in [2.45, 2.75) is 296 Å². The Balaban J connectivity index is 4.66. The molecule has 3 unspecified atom stereocenters. The number of allylic oxidation sites excluding steroid dienone is 14. The van der Waals surface area contributed by atoms with E-state index in [1.54, 1.807) is 0 Å². The van der Waals surface area contributed by atoms with Gasteiger partial charge in [-0.25, -0.2) is 0 Å². The third kappa shape index (κ3) is 51.2. The molecule has 0 radical (unpaired) electrons. The first-order valence-corrected chi connectivity index (χ1v) is 29.4. The summed E-state index contributed by atoms with van der Waals surface area (Å²) >= 11 is 0. The lowest BCUT2D eigenvalue weighted by atomic mass is 10.0. The Kier molecular flexibility index (Phi) is 53.6. The van der Waals surface area contributed by atoms with Gasteiger partial charge in [0.15, 0.2) is 0 Å². The SMILES string of the molecule is CCC/C=C/C=C/C=C/C=C/C=C/CCCCCCCC(=O)OC(CCCCC/C=C/C=C/CCCCCCCCC)CC(=O)NC(CO)C(O)CCCCCCCCCCCCCCCCCC. The number of aliphatic hydroxyl groups excluding tert-OH is 2. The monoisotopic (exact) mass is 962 g/mol. The molecule has 0 saturated carbocycles. The molecule has 6 nitrogen and oxygen atoms in total. The zero-order valence-electron chi connectivity index (χ0n) is 45.4. The predicted molar refractivity (Wildman–Crippen MR) is 301 cm³/mol. The molecule has 398 valence electrons. The average molecular weight is 963 g/mol. The summed E-state index contributed by atoms with van der Waals surface area (Å²) < 4.78 is 5.94. The molecule has 0 saturated heterocycles. The van der Waals surface area contributed by atoms with Crippen LogP contribution < -0.4 is 5.32 Å². The number of carbonyl (C=O) groups excluding carboxylic acids is 2. The molecule has 0 aromatic rings. The highest BCUT2D eigenvalue weighted by Crippen LogP contribution is 2.18. The fourth-order valence-electron chi connectivity index (χ4n) is 8.63. The van der Waals surface area contributed by atoms with Crippen LogP contribution in [-0.4, -0.2) is 46.9 Å². The van der Waals surface area contributed by atoms with Crippen molar-refractivity contribution in [3.63, 3.8) is 0 Å². The second kappa shape index (κ2) is 56.0. The minimum atomic E-state index is -0.805. The Labute approximate surface area is 427 Å². The van der Waals surface area contributed by atoms with Crippen LogP contribution in [-0.2, 0) is 14.3 Å². The molecule has 1 amide bonds. The molecule has 0 rings (SSSR count). The van der Waals surface area contributed by atoms with Crippen molar-refractivity contribution in [3.8, 4) is 0 Å². The number of hydrogen-bond acceptors (Lipinski definition) is 5. The summed E-state index contributed by atoms with van der Waals surface area (Å²) in [5.41, 5.74) is 0. The summed E-state index contributed by atoms with van der Waals surface area (Å²) in [5, 5.41) is 23.9. The molecule has 0 aromatic carbocycles. The smallest absolute Gasteiger partial charge is 0.306 e. The highest BCUT2D eigenvalue weighted by atomic mass is 16.5. The van der Waals surface area contributed by atoms with Crippen LogP contribution >= 0.6 is 0 Å². The van der Waals surface area contributed by atoms with E-state index in [1.807, 2.05) is 24.3 Å². The lowest BCUT2D eigenvalue weighted by molar-refractivity contribution is -0.151. The van der Waals surface area contributed by atoms with Gasteiger partial charge in [-0.1, -0.05) is 279 Å². The summed E-state index contributed by atoms with van der Waals surface area (Å²) in [6.07, 6.45) is 73.5. The normalized spacial score (nSPS) is 13.8. The first-order chi connectivity index (χ1) is 34.0. The molecule has 3 atom stereocenters. The summed E-state index contributed by atoms with van der Waals surface area (Å²) in [6, 6.07) is -0.721. The van der Waals surface area contributed by atoms with Crippen LogP contribution in [0.15, 0.2) is 85.1 Å².